The molecule has 2 unspecified atom stereocenters. The molecule has 0 bridgehead atoms. The maximum atomic E-state index is 14.5. The first-order valence-electron chi connectivity index (χ1n) is 15.5. The van der Waals surface area contributed by atoms with E-state index in [1.54, 1.807) is 26.9 Å². The van der Waals surface area contributed by atoms with E-state index in [2.05, 4.69) is 20.8 Å². The summed E-state index contributed by atoms with van der Waals surface area (Å²) < 4.78 is 41.7. The molecule has 0 radical (unpaired) electrons. The predicted octanol–water partition coefficient (Wildman–Crippen LogP) is 8.52. The van der Waals surface area contributed by atoms with E-state index in [1.807, 2.05) is 32.0 Å². The van der Waals surface area contributed by atoms with Gasteiger partial charge in [0.2, 0.25) is 5.91 Å². The molecule has 0 N–H and O–H groups in total. The fourth-order valence-electron chi connectivity index (χ4n) is 6.74. The second-order valence-corrected chi connectivity index (χ2v) is 15.7. The van der Waals surface area contributed by atoms with Gasteiger partial charge in [0.15, 0.2) is 5.16 Å². The van der Waals surface area contributed by atoms with Gasteiger partial charge in [-0.2, -0.15) is 13.2 Å². The van der Waals surface area contributed by atoms with Crippen molar-refractivity contribution >= 4 is 39.2 Å². The number of hydrogen-bond donors (Lipinski definition) is 0. The lowest BCUT2D eigenvalue weighted by Crippen LogP contribution is -2.42. The largest absolute Gasteiger partial charge is 0.416 e. The minimum Gasteiger partial charge on any atom is -0.337 e. The van der Waals surface area contributed by atoms with E-state index in [0.29, 0.717) is 46.2 Å². The SMILES string of the molecule is Cc1cccc(C)c1-n1c(SC2CCCN(Cc3cccc(C(F)(F)F)c3)C2=O)nc2sc3c(c2c1=O)CCC(C(C)(C)C)C3. The molecule has 2 aromatic heterocycles. The van der Waals surface area contributed by atoms with E-state index in [4.69, 9.17) is 4.98 Å². The number of halogens is 3. The summed E-state index contributed by atoms with van der Waals surface area (Å²) in [6, 6.07) is 11.1. The van der Waals surface area contributed by atoms with Crippen molar-refractivity contribution in [1.82, 2.24) is 14.5 Å². The van der Waals surface area contributed by atoms with Gasteiger partial charge >= 0.3 is 6.18 Å². The molecular formula is C35H38F3N3O2S2. The van der Waals surface area contributed by atoms with Crippen LogP contribution in [0.5, 0.6) is 0 Å². The Balaban J connectivity index is 1.39. The van der Waals surface area contributed by atoms with Crippen molar-refractivity contribution in [2.45, 2.75) is 89.9 Å². The van der Waals surface area contributed by atoms with Gasteiger partial charge in [0.1, 0.15) is 4.83 Å². The van der Waals surface area contributed by atoms with Crippen LogP contribution in [-0.2, 0) is 30.4 Å². The quantitative estimate of drug-likeness (QED) is 0.203. The Bertz CT molecular complexity index is 1820. The van der Waals surface area contributed by atoms with Crippen LogP contribution in [0, 0.1) is 25.2 Å². The lowest BCUT2D eigenvalue weighted by molar-refractivity contribution is -0.137. The molecular weight excluding hydrogens is 616 g/mol. The zero-order valence-electron chi connectivity index (χ0n) is 26.3. The van der Waals surface area contributed by atoms with E-state index in [0.717, 1.165) is 53.8 Å². The number of thioether (sulfide) groups is 1. The van der Waals surface area contributed by atoms with E-state index < -0.39 is 17.0 Å². The molecule has 2 atom stereocenters. The normalized spacial score (nSPS) is 19.3. The molecule has 3 heterocycles. The monoisotopic (exact) mass is 653 g/mol. The average Bonchev–Trinajstić information content (AvgIpc) is 3.33. The Hall–Kier alpha value is -3.11. The molecule has 1 saturated heterocycles. The van der Waals surface area contributed by atoms with E-state index in [-0.39, 0.29) is 23.4 Å². The highest BCUT2D eigenvalue weighted by Gasteiger charge is 2.35. The highest BCUT2D eigenvalue weighted by Crippen LogP contribution is 2.43. The van der Waals surface area contributed by atoms with Crippen molar-refractivity contribution in [2.75, 3.05) is 6.54 Å². The lowest BCUT2D eigenvalue weighted by Gasteiger charge is -2.33. The van der Waals surface area contributed by atoms with Gasteiger partial charge < -0.3 is 4.90 Å². The van der Waals surface area contributed by atoms with Crippen molar-refractivity contribution in [3.8, 4) is 5.69 Å². The van der Waals surface area contributed by atoms with E-state index in [1.165, 1.54) is 22.7 Å². The number of carbonyl (C=O) groups excluding carboxylic acids is 1. The molecule has 2 aromatic carbocycles. The molecule has 4 aromatic rings. The summed E-state index contributed by atoms with van der Waals surface area (Å²) in [6.45, 7) is 11.3. The third-order valence-electron chi connectivity index (χ3n) is 9.30. The summed E-state index contributed by atoms with van der Waals surface area (Å²) in [5.74, 6) is 0.375. The van der Waals surface area contributed by atoms with Gasteiger partial charge in [-0.15, -0.1) is 11.3 Å². The molecule has 5 nitrogen and oxygen atoms in total. The number of benzene rings is 2. The number of amides is 1. The summed E-state index contributed by atoms with van der Waals surface area (Å²) in [4.78, 5) is 37.0. The Kier molecular flexibility index (Phi) is 8.44. The third-order valence-corrected chi connectivity index (χ3v) is 11.7. The van der Waals surface area contributed by atoms with Crippen LogP contribution in [0.1, 0.15) is 72.7 Å². The number of hydrogen-bond acceptors (Lipinski definition) is 5. The second-order valence-electron chi connectivity index (χ2n) is 13.5. The molecule has 2 aliphatic rings. The molecule has 45 heavy (non-hydrogen) atoms. The maximum absolute atomic E-state index is 14.5. The van der Waals surface area contributed by atoms with Crippen LogP contribution in [0.25, 0.3) is 15.9 Å². The fourth-order valence-corrected chi connectivity index (χ4v) is 9.31. The van der Waals surface area contributed by atoms with Gasteiger partial charge in [-0.3, -0.25) is 14.2 Å². The molecule has 0 saturated carbocycles. The van der Waals surface area contributed by atoms with Crippen molar-refractivity contribution in [3.05, 3.63) is 85.5 Å². The number of para-hydroxylation sites is 1. The number of likely N-dealkylation sites (tertiary alicyclic amines) is 1. The maximum Gasteiger partial charge on any atom is 0.416 e. The number of carbonyl (C=O) groups is 1. The Morgan fingerprint density at radius 3 is 2.42 bits per heavy atom. The van der Waals surface area contributed by atoms with Crippen LogP contribution in [0.4, 0.5) is 13.2 Å². The molecule has 1 amide bonds. The second kappa shape index (κ2) is 11.9. The Morgan fingerprint density at radius 2 is 1.73 bits per heavy atom. The van der Waals surface area contributed by atoms with Crippen molar-refractivity contribution in [1.29, 1.82) is 0 Å². The van der Waals surface area contributed by atoms with Gasteiger partial charge in [-0.05, 0) is 91.7 Å². The van der Waals surface area contributed by atoms with Crippen LogP contribution >= 0.6 is 23.1 Å². The Morgan fingerprint density at radius 1 is 1.02 bits per heavy atom. The number of aryl methyl sites for hydroxylation is 3. The summed E-state index contributed by atoms with van der Waals surface area (Å²) in [7, 11) is 0. The number of rotatable bonds is 5. The first-order chi connectivity index (χ1) is 21.2. The van der Waals surface area contributed by atoms with E-state index in [9.17, 15) is 22.8 Å². The van der Waals surface area contributed by atoms with Crippen LogP contribution in [-0.4, -0.2) is 32.2 Å². The molecule has 1 fully saturated rings. The number of alkyl halides is 3. The van der Waals surface area contributed by atoms with Crippen molar-refractivity contribution in [3.63, 3.8) is 0 Å². The summed E-state index contributed by atoms with van der Waals surface area (Å²) in [5.41, 5.74) is 3.57. The first kappa shape index (κ1) is 31.9. The smallest absolute Gasteiger partial charge is 0.337 e. The molecule has 0 spiro atoms. The van der Waals surface area contributed by atoms with Gasteiger partial charge in [0.25, 0.3) is 5.56 Å². The number of nitrogens with zero attached hydrogens (tertiary/aromatic N) is 3. The van der Waals surface area contributed by atoms with Crippen LogP contribution < -0.4 is 5.56 Å². The van der Waals surface area contributed by atoms with Gasteiger partial charge in [-0.1, -0.05) is 62.9 Å². The molecule has 6 rings (SSSR count). The lowest BCUT2D eigenvalue weighted by atomic mass is 9.72. The van der Waals surface area contributed by atoms with Crippen LogP contribution in [0.3, 0.4) is 0 Å². The fraction of sp³-hybridized carbons (Fsp3) is 0.457. The zero-order chi connectivity index (χ0) is 32.3. The summed E-state index contributed by atoms with van der Waals surface area (Å²) >= 11 is 2.90. The zero-order valence-corrected chi connectivity index (χ0v) is 27.9. The number of thiophene rings is 1. The number of aromatic nitrogens is 2. The van der Waals surface area contributed by atoms with Crippen molar-refractivity contribution < 1.29 is 18.0 Å². The minimum absolute atomic E-state index is 0.0998. The molecule has 1 aliphatic carbocycles. The standard InChI is InChI=1S/C35H38F3N3O2S2/c1-20-9-6-10-21(2)29(20)41-32(43)28-25-15-14-23(34(3,4)5)18-27(25)44-30(28)39-33(41)45-26-13-8-16-40(31(26)42)19-22-11-7-12-24(17-22)35(36,37)38/h6-7,9-12,17,23,26H,8,13-16,18-19H2,1-5H3. The summed E-state index contributed by atoms with van der Waals surface area (Å²) in [5, 5.41) is 0.662. The van der Waals surface area contributed by atoms with Gasteiger partial charge in [0, 0.05) is 18.0 Å². The minimum atomic E-state index is -4.45. The molecule has 238 valence electrons. The van der Waals surface area contributed by atoms with Crippen LogP contribution in [0.15, 0.2) is 52.4 Å². The van der Waals surface area contributed by atoms with Crippen LogP contribution in [0.2, 0.25) is 0 Å². The molecule has 10 heteroatoms. The first-order valence-corrected chi connectivity index (χ1v) is 17.2. The third kappa shape index (κ3) is 6.20. The van der Waals surface area contributed by atoms with Gasteiger partial charge in [-0.25, -0.2) is 4.98 Å². The Labute approximate surface area is 269 Å². The van der Waals surface area contributed by atoms with E-state index >= 15 is 0 Å². The van der Waals surface area contributed by atoms with Gasteiger partial charge in [0.05, 0.1) is 21.9 Å². The van der Waals surface area contributed by atoms with Crippen molar-refractivity contribution in [2.24, 2.45) is 11.3 Å². The highest BCUT2D eigenvalue weighted by molar-refractivity contribution is 8.00. The number of piperidine rings is 1. The highest BCUT2D eigenvalue weighted by atomic mass is 32.2. The number of fused-ring (bicyclic) bond motifs is 3. The topological polar surface area (TPSA) is 55.2 Å². The molecule has 1 aliphatic heterocycles. The predicted molar refractivity (Wildman–Crippen MR) is 175 cm³/mol. The summed E-state index contributed by atoms with van der Waals surface area (Å²) in [6.07, 6.45) is -0.344. The average molecular weight is 654 g/mol.